The second-order valence-corrected chi connectivity index (χ2v) is 8.35. The van der Waals surface area contributed by atoms with Crippen LogP contribution >= 0.6 is 11.8 Å². The van der Waals surface area contributed by atoms with E-state index >= 15 is 0 Å². The molecule has 1 N–H and O–H groups in total. The topological polar surface area (TPSA) is 56.1 Å². The van der Waals surface area contributed by atoms with E-state index in [-0.39, 0.29) is 17.5 Å². The molecule has 156 valence electrons. The first-order chi connectivity index (χ1) is 15.1. The van der Waals surface area contributed by atoms with E-state index in [1.165, 1.54) is 6.20 Å². The van der Waals surface area contributed by atoms with Gasteiger partial charge in [-0.3, -0.25) is 4.79 Å². The fourth-order valence-corrected chi connectivity index (χ4v) is 3.94. The standard InChI is InChI=1S/C26H25N3OS/c1-20(2)29(19-21-11-5-3-6-12-21)26(30)22(17-27)18-28-24-15-9-10-16-25(24)31-23-13-7-4-8-14-23/h3-16,18,20,28H,19H2,1-2H3/b22-18-. The molecule has 0 aromatic heterocycles. The highest BCUT2D eigenvalue weighted by atomic mass is 32.2. The molecule has 3 aromatic carbocycles. The van der Waals surface area contributed by atoms with Gasteiger partial charge in [0.05, 0.1) is 5.69 Å². The molecular formula is C26H25N3OS. The zero-order chi connectivity index (χ0) is 22.1. The Hall–Kier alpha value is -3.49. The molecule has 0 heterocycles. The SMILES string of the molecule is CC(C)N(Cc1ccccc1)C(=O)/C(C#N)=C\Nc1ccccc1Sc1ccccc1. The third-order valence-electron chi connectivity index (χ3n) is 4.66. The number of para-hydroxylation sites is 1. The van der Waals surface area contributed by atoms with Gasteiger partial charge in [0.1, 0.15) is 11.6 Å². The minimum atomic E-state index is -0.290. The molecule has 31 heavy (non-hydrogen) atoms. The number of carbonyl (C=O) groups is 1. The van der Waals surface area contributed by atoms with E-state index in [4.69, 9.17) is 0 Å². The molecule has 0 spiro atoms. The van der Waals surface area contributed by atoms with Gasteiger partial charge < -0.3 is 10.2 Å². The lowest BCUT2D eigenvalue weighted by molar-refractivity contribution is -0.129. The highest BCUT2D eigenvalue weighted by molar-refractivity contribution is 7.99. The quantitative estimate of drug-likeness (QED) is 0.349. The molecule has 0 aliphatic heterocycles. The van der Waals surface area contributed by atoms with Gasteiger partial charge in [0.25, 0.3) is 5.91 Å². The summed E-state index contributed by atoms with van der Waals surface area (Å²) < 4.78 is 0. The number of rotatable bonds is 8. The van der Waals surface area contributed by atoms with E-state index in [1.807, 2.05) is 98.8 Å². The van der Waals surface area contributed by atoms with Crippen molar-refractivity contribution >= 4 is 23.4 Å². The number of nitrogens with one attached hydrogen (secondary N) is 1. The highest BCUT2D eigenvalue weighted by Gasteiger charge is 2.21. The van der Waals surface area contributed by atoms with Gasteiger partial charge >= 0.3 is 0 Å². The van der Waals surface area contributed by atoms with Gasteiger partial charge in [-0.05, 0) is 43.7 Å². The lowest BCUT2D eigenvalue weighted by Gasteiger charge is -2.26. The Kier molecular flexibility index (Phi) is 7.91. The van der Waals surface area contributed by atoms with E-state index < -0.39 is 0 Å². The van der Waals surface area contributed by atoms with Crippen LogP contribution in [-0.4, -0.2) is 16.8 Å². The molecule has 0 atom stereocenters. The van der Waals surface area contributed by atoms with Crippen molar-refractivity contribution in [3.8, 4) is 6.07 Å². The van der Waals surface area contributed by atoms with E-state index in [1.54, 1.807) is 16.7 Å². The minimum Gasteiger partial charge on any atom is -0.359 e. The average Bonchev–Trinajstić information content (AvgIpc) is 2.80. The first-order valence-corrected chi connectivity index (χ1v) is 10.9. The van der Waals surface area contributed by atoms with E-state index in [9.17, 15) is 10.1 Å². The van der Waals surface area contributed by atoms with E-state index in [0.29, 0.717) is 6.54 Å². The monoisotopic (exact) mass is 427 g/mol. The van der Waals surface area contributed by atoms with Gasteiger partial charge in [0, 0.05) is 28.6 Å². The third kappa shape index (κ3) is 6.24. The molecule has 3 aromatic rings. The van der Waals surface area contributed by atoms with Crippen molar-refractivity contribution in [1.29, 1.82) is 5.26 Å². The van der Waals surface area contributed by atoms with Gasteiger partial charge in [-0.25, -0.2) is 0 Å². The Morgan fingerprint density at radius 3 is 2.26 bits per heavy atom. The Morgan fingerprint density at radius 1 is 1.00 bits per heavy atom. The first-order valence-electron chi connectivity index (χ1n) is 10.1. The summed E-state index contributed by atoms with van der Waals surface area (Å²) in [6, 6.07) is 29.7. The van der Waals surface area contributed by atoms with Gasteiger partial charge in [0.2, 0.25) is 0 Å². The third-order valence-corrected chi connectivity index (χ3v) is 5.74. The molecule has 0 saturated carbocycles. The summed E-state index contributed by atoms with van der Waals surface area (Å²) in [5.41, 5.74) is 1.94. The molecule has 0 radical (unpaired) electrons. The number of benzene rings is 3. The van der Waals surface area contributed by atoms with Gasteiger partial charge in [-0.1, -0.05) is 72.4 Å². The van der Waals surface area contributed by atoms with Crippen molar-refractivity contribution in [2.24, 2.45) is 0 Å². The molecule has 0 unspecified atom stereocenters. The second-order valence-electron chi connectivity index (χ2n) is 7.24. The Bertz CT molecular complexity index is 1070. The lowest BCUT2D eigenvalue weighted by atomic mass is 10.1. The van der Waals surface area contributed by atoms with E-state index in [2.05, 4.69) is 11.4 Å². The Labute approximate surface area is 188 Å². The Balaban J connectivity index is 1.78. The lowest BCUT2D eigenvalue weighted by Crippen LogP contribution is -2.37. The molecule has 3 rings (SSSR count). The van der Waals surface area contributed by atoms with Crippen LogP contribution in [0.5, 0.6) is 0 Å². The number of hydrogen-bond acceptors (Lipinski definition) is 4. The second kappa shape index (κ2) is 11.1. The fourth-order valence-electron chi connectivity index (χ4n) is 3.01. The summed E-state index contributed by atoms with van der Waals surface area (Å²) in [4.78, 5) is 16.9. The van der Waals surface area contributed by atoms with Crippen molar-refractivity contribution in [2.75, 3.05) is 5.32 Å². The maximum Gasteiger partial charge on any atom is 0.266 e. The van der Waals surface area contributed by atoms with Crippen molar-refractivity contribution in [1.82, 2.24) is 4.90 Å². The van der Waals surface area contributed by atoms with Gasteiger partial charge in [-0.15, -0.1) is 0 Å². The van der Waals surface area contributed by atoms with Crippen LogP contribution in [0.1, 0.15) is 19.4 Å². The summed E-state index contributed by atoms with van der Waals surface area (Å²) >= 11 is 1.62. The number of nitriles is 1. The highest BCUT2D eigenvalue weighted by Crippen LogP contribution is 2.33. The maximum absolute atomic E-state index is 13.1. The first kappa shape index (κ1) is 22.2. The zero-order valence-corrected chi connectivity index (χ0v) is 18.5. The molecular weight excluding hydrogens is 402 g/mol. The summed E-state index contributed by atoms with van der Waals surface area (Å²) in [6.45, 7) is 4.36. The normalized spacial score (nSPS) is 11.1. The molecule has 0 aliphatic carbocycles. The molecule has 4 nitrogen and oxygen atoms in total. The molecule has 5 heteroatoms. The molecule has 0 saturated heterocycles. The fraction of sp³-hybridized carbons (Fsp3) is 0.154. The molecule has 1 amide bonds. The van der Waals surface area contributed by atoms with Crippen LogP contribution < -0.4 is 5.32 Å². The van der Waals surface area contributed by atoms with Crippen LogP contribution in [0.25, 0.3) is 0 Å². The predicted molar refractivity (Wildman–Crippen MR) is 126 cm³/mol. The summed E-state index contributed by atoms with van der Waals surface area (Å²) in [6.07, 6.45) is 1.51. The number of hydrogen-bond donors (Lipinski definition) is 1. The van der Waals surface area contributed by atoms with Gasteiger partial charge in [-0.2, -0.15) is 5.26 Å². The number of carbonyl (C=O) groups excluding carboxylic acids is 1. The number of anilines is 1. The van der Waals surface area contributed by atoms with Crippen molar-refractivity contribution in [3.05, 3.63) is 102 Å². The summed E-state index contributed by atoms with van der Waals surface area (Å²) in [5, 5.41) is 12.8. The number of nitrogens with zero attached hydrogens (tertiary/aromatic N) is 2. The van der Waals surface area contributed by atoms with Gasteiger partial charge in [0.15, 0.2) is 0 Å². The van der Waals surface area contributed by atoms with Crippen LogP contribution in [0.2, 0.25) is 0 Å². The number of amides is 1. The largest absolute Gasteiger partial charge is 0.359 e. The average molecular weight is 428 g/mol. The van der Waals surface area contributed by atoms with Crippen LogP contribution in [0.4, 0.5) is 5.69 Å². The van der Waals surface area contributed by atoms with Crippen molar-refractivity contribution < 1.29 is 4.79 Å². The van der Waals surface area contributed by atoms with Crippen LogP contribution in [0, 0.1) is 11.3 Å². The van der Waals surface area contributed by atoms with Crippen molar-refractivity contribution in [3.63, 3.8) is 0 Å². The summed E-state index contributed by atoms with van der Waals surface area (Å²) in [5.74, 6) is -0.290. The zero-order valence-electron chi connectivity index (χ0n) is 17.7. The van der Waals surface area contributed by atoms with Crippen LogP contribution in [0.15, 0.2) is 106 Å². The minimum absolute atomic E-state index is 0.0367. The molecule has 0 aliphatic rings. The molecule has 0 fully saturated rings. The smallest absolute Gasteiger partial charge is 0.266 e. The van der Waals surface area contributed by atoms with E-state index in [0.717, 1.165) is 21.0 Å². The predicted octanol–water partition coefficient (Wildman–Crippen LogP) is 6.09. The van der Waals surface area contributed by atoms with Crippen molar-refractivity contribution in [2.45, 2.75) is 36.2 Å². The maximum atomic E-state index is 13.1. The van der Waals surface area contributed by atoms with Crippen LogP contribution in [0.3, 0.4) is 0 Å². The molecule has 0 bridgehead atoms. The Morgan fingerprint density at radius 2 is 1.61 bits per heavy atom. The van der Waals surface area contributed by atoms with Crippen LogP contribution in [-0.2, 0) is 11.3 Å². The summed E-state index contributed by atoms with van der Waals surface area (Å²) in [7, 11) is 0.